The largest absolute Gasteiger partial charge is 0.394 e. The minimum absolute atomic E-state index is 0.0170. The van der Waals surface area contributed by atoms with Crippen LogP contribution in [0.25, 0.3) is 11.3 Å². The van der Waals surface area contributed by atoms with Crippen LogP contribution >= 0.6 is 0 Å². The van der Waals surface area contributed by atoms with Crippen LogP contribution in [0.4, 0.5) is 13.2 Å². The van der Waals surface area contributed by atoms with Gasteiger partial charge in [0, 0.05) is 19.7 Å². The van der Waals surface area contributed by atoms with Gasteiger partial charge in [0.2, 0.25) is 0 Å². The Kier molecular flexibility index (Phi) is 8.74. The van der Waals surface area contributed by atoms with Gasteiger partial charge >= 0.3 is 0 Å². The smallest absolute Gasteiger partial charge is 0.251 e. The predicted molar refractivity (Wildman–Crippen MR) is 126 cm³/mol. The van der Waals surface area contributed by atoms with Crippen molar-refractivity contribution < 1.29 is 42.4 Å². The van der Waals surface area contributed by atoms with Crippen molar-refractivity contribution >= 4 is 5.91 Å². The van der Waals surface area contributed by atoms with Gasteiger partial charge < -0.3 is 29.7 Å². The van der Waals surface area contributed by atoms with E-state index in [0.29, 0.717) is 0 Å². The number of hydrogen-bond donors (Lipinski definition) is 3. The molecule has 0 aliphatic carbocycles. The van der Waals surface area contributed by atoms with E-state index in [4.69, 9.17) is 14.2 Å². The number of carbonyl (C=O) groups excluding carboxylic acids is 1. The number of halogens is 3. The maximum Gasteiger partial charge on any atom is 0.251 e. The molecule has 1 fully saturated rings. The molecular weight excluding hydrogens is 509 g/mol. The highest BCUT2D eigenvalue weighted by atomic mass is 19.2. The van der Waals surface area contributed by atoms with Crippen LogP contribution in [0.3, 0.4) is 0 Å². The molecule has 1 aliphatic rings. The van der Waals surface area contributed by atoms with Crippen LogP contribution in [0.1, 0.15) is 11.6 Å². The van der Waals surface area contributed by atoms with Gasteiger partial charge in [-0.2, -0.15) is 0 Å². The first-order chi connectivity index (χ1) is 18.3. The van der Waals surface area contributed by atoms with Crippen LogP contribution in [0, 0.1) is 17.5 Å². The van der Waals surface area contributed by atoms with Gasteiger partial charge in [0.05, 0.1) is 19.4 Å². The Morgan fingerprint density at radius 1 is 1.21 bits per heavy atom. The van der Waals surface area contributed by atoms with Crippen LogP contribution in [-0.2, 0) is 25.6 Å². The summed E-state index contributed by atoms with van der Waals surface area (Å²) in [6.07, 6.45) is -4.68. The molecule has 38 heavy (non-hydrogen) atoms. The summed E-state index contributed by atoms with van der Waals surface area (Å²) in [7, 11) is 2.76. The molecule has 3 N–H and O–H groups in total. The molecule has 204 valence electrons. The molecule has 2 aromatic carbocycles. The lowest BCUT2D eigenvalue weighted by molar-refractivity contribution is -0.240. The first-order valence-electron chi connectivity index (χ1n) is 11.7. The summed E-state index contributed by atoms with van der Waals surface area (Å²) in [4.78, 5) is 12.9. The van der Waals surface area contributed by atoms with E-state index >= 15 is 0 Å². The van der Waals surface area contributed by atoms with E-state index < -0.39 is 66.5 Å². The number of amides is 1. The summed E-state index contributed by atoms with van der Waals surface area (Å²) in [5.41, 5.74) is 0.686. The number of carbonyl (C=O) groups is 1. The Labute approximate surface area is 215 Å². The van der Waals surface area contributed by atoms with Crippen LogP contribution in [0.15, 0.2) is 48.7 Å². The third-order valence-electron chi connectivity index (χ3n) is 6.35. The highest BCUT2D eigenvalue weighted by Gasteiger charge is 2.51. The maximum absolute atomic E-state index is 13.8. The van der Waals surface area contributed by atoms with E-state index in [9.17, 15) is 28.2 Å². The molecule has 13 heteroatoms. The van der Waals surface area contributed by atoms with Gasteiger partial charge in [0.15, 0.2) is 23.6 Å². The minimum atomic E-state index is -1.62. The van der Waals surface area contributed by atoms with Gasteiger partial charge in [0.1, 0.15) is 36.2 Å². The van der Waals surface area contributed by atoms with Crippen molar-refractivity contribution in [3.63, 3.8) is 0 Å². The molecule has 6 atom stereocenters. The minimum Gasteiger partial charge on any atom is -0.394 e. The third-order valence-corrected chi connectivity index (χ3v) is 6.35. The van der Waals surface area contributed by atoms with Crippen molar-refractivity contribution in [1.82, 2.24) is 20.3 Å². The van der Waals surface area contributed by atoms with Crippen LogP contribution in [0.5, 0.6) is 0 Å². The number of methoxy groups -OCH3 is 1. The molecule has 3 unspecified atom stereocenters. The average Bonchev–Trinajstić information content (AvgIpc) is 3.42. The lowest BCUT2D eigenvalue weighted by Gasteiger charge is -2.45. The molecule has 0 spiro atoms. The number of rotatable bonds is 9. The average molecular weight is 537 g/mol. The fraction of sp³-hybridized carbons (Fsp3) is 0.400. The summed E-state index contributed by atoms with van der Waals surface area (Å²) >= 11 is 0. The Bertz CT molecular complexity index is 1220. The second-order valence-corrected chi connectivity index (χ2v) is 8.67. The van der Waals surface area contributed by atoms with E-state index in [2.05, 4.69) is 15.6 Å². The SMILES string of the molecule is CNC(=O)[C@@H](OCc1ccccc1)[C@@H]1OC(CO)[C@H](O)C(n2cc(-c3cc(F)c(F)c(F)c3)nn2)C1OC. The normalized spacial score (nSPS) is 24.2. The molecule has 4 rings (SSSR count). The highest BCUT2D eigenvalue weighted by molar-refractivity contribution is 5.81. The monoisotopic (exact) mass is 536 g/mol. The van der Waals surface area contributed by atoms with Crippen molar-refractivity contribution in [2.24, 2.45) is 0 Å². The molecule has 10 nitrogen and oxygen atoms in total. The first kappa shape index (κ1) is 27.7. The Hall–Kier alpha value is -3.36. The molecule has 1 saturated heterocycles. The molecule has 1 aliphatic heterocycles. The standard InChI is InChI=1S/C25H27F3N4O6/c1-29-25(35)24(37-12-13-6-4-3-5-7-13)23-22(36-2)20(21(34)18(11-33)38-23)32-10-17(30-31-32)14-8-15(26)19(28)16(27)9-14/h3-10,18,20-24,33-34H,11-12H2,1-2H3,(H,29,35)/t18?,20?,21-,22?,23+,24-/m0/s1. The number of ether oxygens (including phenoxy) is 3. The van der Waals surface area contributed by atoms with Crippen molar-refractivity contribution in [2.75, 3.05) is 20.8 Å². The molecule has 2 heterocycles. The molecule has 1 amide bonds. The van der Waals surface area contributed by atoms with E-state index in [-0.39, 0.29) is 17.9 Å². The zero-order chi connectivity index (χ0) is 27.4. The van der Waals surface area contributed by atoms with E-state index in [1.54, 1.807) is 0 Å². The van der Waals surface area contributed by atoms with Gasteiger partial charge in [0.25, 0.3) is 5.91 Å². The van der Waals surface area contributed by atoms with E-state index in [0.717, 1.165) is 17.7 Å². The molecule has 0 radical (unpaired) electrons. The van der Waals surface area contributed by atoms with Crippen molar-refractivity contribution in [3.8, 4) is 11.3 Å². The Morgan fingerprint density at radius 2 is 1.89 bits per heavy atom. The molecule has 0 bridgehead atoms. The second kappa shape index (κ2) is 12.0. The van der Waals surface area contributed by atoms with Crippen molar-refractivity contribution in [2.45, 2.75) is 43.2 Å². The van der Waals surface area contributed by atoms with Gasteiger partial charge in [-0.1, -0.05) is 35.5 Å². The van der Waals surface area contributed by atoms with Crippen molar-refractivity contribution in [3.05, 3.63) is 71.7 Å². The van der Waals surface area contributed by atoms with Crippen LogP contribution in [-0.4, -0.2) is 82.4 Å². The van der Waals surface area contributed by atoms with E-state index in [1.807, 2.05) is 30.3 Å². The zero-order valence-corrected chi connectivity index (χ0v) is 20.5. The zero-order valence-electron chi connectivity index (χ0n) is 20.5. The quantitative estimate of drug-likeness (QED) is 0.350. The number of aromatic nitrogens is 3. The van der Waals surface area contributed by atoms with Gasteiger partial charge in [-0.05, 0) is 17.7 Å². The van der Waals surface area contributed by atoms with Crippen LogP contribution < -0.4 is 5.32 Å². The Balaban J connectivity index is 1.68. The number of benzene rings is 2. The second-order valence-electron chi connectivity index (χ2n) is 8.67. The van der Waals surface area contributed by atoms with Crippen molar-refractivity contribution in [1.29, 1.82) is 0 Å². The number of nitrogens with zero attached hydrogens (tertiary/aromatic N) is 3. The third kappa shape index (κ3) is 5.56. The summed E-state index contributed by atoms with van der Waals surface area (Å²) in [6, 6.07) is 9.56. The molecular formula is C25H27F3N4O6. The molecule has 0 saturated carbocycles. The van der Waals surface area contributed by atoms with Gasteiger partial charge in [-0.25, -0.2) is 17.9 Å². The highest BCUT2D eigenvalue weighted by Crippen LogP contribution is 2.35. The van der Waals surface area contributed by atoms with E-state index in [1.165, 1.54) is 25.0 Å². The number of aliphatic hydroxyl groups excluding tert-OH is 2. The number of aliphatic hydroxyl groups is 2. The van der Waals surface area contributed by atoms with Gasteiger partial charge in [-0.15, -0.1) is 5.10 Å². The lowest BCUT2D eigenvalue weighted by atomic mass is 9.89. The first-order valence-corrected chi connectivity index (χ1v) is 11.7. The lowest BCUT2D eigenvalue weighted by Crippen LogP contribution is -2.62. The topological polar surface area (TPSA) is 128 Å². The van der Waals surface area contributed by atoms with Gasteiger partial charge in [-0.3, -0.25) is 4.79 Å². The fourth-order valence-electron chi connectivity index (χ4n) is 4.42. The van der Waals surface area contributed by atoms with Crippen LogP contribution in [0.2, 0.25) is 0 Å². The Morgan fingerprint density at radius 3 is 2.50 bits per heavy atom. The maximum atomic E-state index is 13.8. The predicted octanol–water partition coefficient (Wildman–Crippen LogP) is 1.37. The summed E-state index contributed by atoms with van der Waals surface area (Å²) in [5.74, 6) is -4.96. The molecule has 3 aromatic rings. The number of nitrogens with one attached hydrogen (secondary N) is 1. The fourth-order valence-corrected chi connectivity index (χ4v) is 4.42. The number of hydrogen-bond acceptors (Lipinski definition) is 8. The summed E-state index contributed by atoms with van der Waals surface area (Å²) in [6.45, 7) is -0.554. The molecule has 1 aromatic heterocycles. The summed E-state index contributed by atoms with van der Waals surface area (Å²) < 4.78 is 59.6. The summed E-state index contributed by atoms with van der Waals surface area (Å²) in [5, 5.41) is 31.4. The number of likely N-dealkylation sites (N-methyl/N-ethyl adjacent to an activating group) is 1.